The lowest BCUT2D eigenvalue weighted by atomic mass is 10.0. The number of carbonyl (C=O) groups is 3. The number of fused-ring (bicyclic) bond motifs is 1. The van der Waals surface area contributed by atoms with Gasteiger partial charge < -0.3 is 15.5 Å². The topological polar surface area (TPSA) is 126 Å². The van der Waals surface area contributed by atoms with Crippen molar-refractivity contribution in [3.8, 4) is 11.1 Å². The number of rotatable bonds is 9. The molecule has 1 aliphatic carbocycles. The second-order valence-electron chi connectivity index (χ2n) is 10.2. The van der Waals surface area contributed by atoms with Gasteiger partial charge in [0.05, 0.1) is 22.0 Å². The van der Waals surface area contributed by atoms with E-state index in [1.54, 1.807) is 35.2 Å². The van der Waals surface area contributed by atoms with E-state index in [2.05, 4.69) is 15.6 Å². The van der Waals surface area contributed by atoms with Crippen LogP contribution in [-0.4, -0.2) is 66.9 Å². The molecule has 3 amide bonds. The fraction of sp³-hybridized carbons (Fsp3) is 0.407. The predicted octanol–water partition coefficient (Wildman–Crippen LogP) is 3.21. The zero-order valence-corrected chi connectivity index (χ0v) is 23.2. The molecule has 2 N–H and O–H groups in total. The first kappa shape index (κ1) is 27.2. The SMILES string of the molecule is CC(C)S(=O)(=O)C(C(=O)NCC(=O)NC1CC1)c1nc2cc(F)c(-c3ccc(C(=O)N4CCC4)cc3)cc2s1. The summed E-state index contributed by atoms with van der Waals surface area (Å²) in [6.07, 6.45) is 2.76. The van der Waals surface area contributed by atoms with Gasteiger partial charge in [-0.1, -0.05) is 12.1 Å². The lowest BCUT2D eigenvalue weighted by Gasteiger charge is -2.30. The van der Waals surface area contributed by atoms with E-state index in [1.165, 1.54) is 19.9 Å². The van der Waals surface area contributed by atoms with Gasteiger partial charge in [-0.15, -0.1) is 11.3 Å². The van der Waals surface area contributed by atoms with Gasteiger partial charge in [0, 0.05) is 36.3 Å². The van der Waals surface area contributed by atoms with Crippen LogP contribution >= 0.6 is 11.3 Å². The normalized spacial score (nSPS) is 16.2. The third-order valence-electron chi connectivity index (χ3n) is 6.89. The van der Waals surface area contributed by atoms with Crippen molar-refractivity contribution < 1.29 is 27.2 Å². The number of amides is 3. The summed E-state index contributed by atoms with van der Waals surface area (Å²) in [4.78, 5) is 43.6. The summed E-state index contributed by atoms with van der Waals surface area (Å²) >= 11 is 0.994. The molecule has 2 aliphatic rings. The van der Waals surface area contributed by atoms with Crippen molar-refractivity contribution in [2.24, 2.45) is 0 Å². The summed E-state index contributed by atoms with van der Waals surface area (Å²) in [6.45, 7) is 4.06. The maximum atomic E-state index is 15.2. The minimum atomic E-state index is -4.01. The Morgan fingerprint density at radius 2 is 1.82 bits per heavy atom. The number of carbonyl (C=O) groups excluding carboxylic acids is 3. The highest BCUT2D eigenvalue weighted by molar-refractivity contribution is 7.93. The lowest BCUT2D eigenvalue weighted by Crippen LogP contribution is -2.42. The van der Waals surface area contributed by atoms with Crippen LogP contribution in [0.4, 0.5) is 4.39 Å². The summed E-state index contributed by atoms with van der Waals surface area (Å²) in [5.74, 6) is -1.86. The smallest absolute Gasteiger partial charge is 0.253 e. The zero-order valence-electron chi connectivity index (χ0n) is 21.6. The number of nitrogens with one attached hydrogen (secondary N) is 2. The average molecular weight is 573 g/mol. The molecule has 1 saturated carbocycles. The summed E-state index contributed by atoms with van der Waals surface area (Å²) < 4.78 is 42.1. The molecule has 2 fully saturated rings. The van der Waals surface area contributed by atoms with E-state index in [9.17, 15) is 22.8 Å². The van der Waals surface area contributed by atoms with Gasteiger partial charge in [-0.25, -0.2) is 17.8 Å². The van der Waals surface area contributed by atoms with Crippen molar-refractivity contribution in [2.45, 2.75) is 49.7 Å². The molecule has 0 bridgehead atoms. The molecule has 0 spiro atoms. The average Bonchev–Trinajstić information content (AvgIpc) is 3.58. The molecule has 12 heteroatoms. The van der Waals surface area contributed by atoms with E-state index >= 15 is 4.39 Å². The molecule has 0 radical (unpaired) electrons. The Morgan fingerprint density at radius 3 is 2.41 bits per heavy atom. The zero-order chi connectivity index (χ0) is 27.9. The van der Waals surface area contributed by atoms with Gasteiger partial charge in [0.1, 0.15) is 10.8 Å². The molecule has 2 aromatic carbocycles. The third-order valence-corrected chi connectivity index (χ3v) is 10.5. The second kappa shape index (κ2) is 10.6. The van der Waals surface area contributed by atoms with Crippen LogP contribution in [0.3, 0.4) is 0 Å². The molecule has 5 rings (SSSR count). The number of aromatic nitrogens is 1. The Hall–Kier alpha value is -3.38. The van der Waals surface area contributed by atoms with Crippen molar-refractivity contribution in [3.05, 3.63) is 52.8 Å². The van der Waals surface area contributed by atoms with Crippen LogP contribution in [-0.2, 0) is 19.4 Å². The Kier molecular flexibility index (Phi) is 7.43. The summed E-state index contributed by atoms with van der Waals surface area (Å²) in [5, 5.41) is 2.66. The monoisotopic (exact) mass is 572 g/mol. The molecule has 1 aromatic heterocycles. The summed E-state index contributed by atoms with van der Waals surface area (Å²) in [6, 6.07) is 9.55. The molecule has 206 valence electrons. The number of hydrogen-bond acceptors (Lipinski definition) is 7. The molecule has 2 heterocycles. The number of benzene rings is 2. The number of hydrogen-bond donors (Lipinski definition) is 2. The van der Waals surface area contributed by atoms with E-state index < -0.39 is 32.1 Å². The van der Waals surface area contributed by atoms with E-state index in [0.29, 0.717) is 15.8 Å². The summed E-state index contributed by atoms with van der Waals surface area (Å²) in [7, 11) is -4.01. The van der Waals surface area contributed by atoms with Gasteiger partial charge in [0.25, 0.3) is 5.91 Å². The van der Waals surface area contributed by atoms with E-state index in [0.717, 1.165) is 43.7 Å². The van der Waals surface area contributed by atoms with Crippen LogP contribution in [0, 0.1) is 5.82 Å². The molecular weight excluding hydrogens is 543 g/mol. The van der Waals surface area contributed by atoms with Crippen LogP contribution in [0.1, 0.15) is 53.7 Å². The van der Waals surface area contributed by atoms with Crippen molar-refractivity contribution >= 4 is 49.1 Å². The molecule has 1 atom stereocenters. The number of likely N-dealkylation sites (tertiary alicyclic amines) is 1. The van der Waals surface area contributed by atoms with Gasteiger partial charge in [0.2, 0.25) is 11.8 Å². The first-order chi connectivity index (χ1) is 18.5. The highest BCUT2D eigenvalue weighted by Gasteiger charge is 2.39. The van der Waals surface area contributed by atoms with Crippen molar-refractivity contribution in [3.63, 3.8) is 0 Å². The van der Waals surface area contributed by atoms with Gasteiger partial charge in [-0.2, -0.15) is 0 Å². The Morgan fingerprint density at radius 1 is 1.13 bits per heavy atom. The first-order valence-corrected chi connectivity index (χ1v) is 15.3. The van der Waals surface area contributed by atoms with E-state index in [-0.39, 0.29) is 40.5 Å². The first-order valence-electron chi connectivity index (χ1n) is 12.8. The van der Waals surface area contributed by atoms with Crippen LogP contribution in [0.15, 0.2) is 36.4 Å². The molecule has 1 aliphatic heterocycles. The van der Waals surface area contributed by atoms with Crippen LogP contribution in [0.2, 0.25) is 0 Å². The fourth-order valence-electron chi connectivity index (χ4n) is 4.23. The van der Waals surface area contributed by atoms with Crippen molar-refractivity contribution in [2.75, 3.05) is 19.6 Å². The highest BCUT2D eigenvalue weighted by Crippen LogP contribution is 2.36. The van der Waals surface area contributed by atoms with Crippen molar-refractivity contribution in [1.82, 2.24) is 20.5 Å². The predicted molar refractivity (Wildman–Crippen MR) is 147 cm³/mol. The van der Waals surface area contributed by atoms with Crippen LogP contribution in [0.25, 0.3) is 21.3 Å². The molecule has 39 heavy (non-hydrogen) atoms. The lowest BCUT2D eigenvalue weighted by molar-refractivity contribution is -0.126. The standard InChI is InChI=1S/C27H29FN4O5S2/c1-15(2)39(36,37)24(25(34)29-14-23(33)30-18-8-9-18)26-31-21-13-20(28)19(12-22(21)38-26)16-4-6-17(7-5-16)27(35)32-10-3-11-32/h4-7,12-13,15,18,24H,3,8-11,14H2,1-2H3,(H,29,34)(H,30,33). The summed E-state index contributed by atoms with van der Waals surface area (Å²) in [5.41, 5.74) is 1.57. The van der Waals surface area contributed by atoms with Crippen LogP contribution < -0.4 is 10.6 Å². The largest absolute Gasteiger partial charge is 0.352 e. The second-order valence-corrected chi connectivity index (χ2v) is 13.8. The van der Waals surface area contributed by atoms with Gasteiger partial charge in [-0.05, 0) is 56.9 Å². The molecule has 9 nitrogen and oxygen atoms in total. The number of sulfone groups is 1. The number of halogens is 1. The third kappa shape index (κ3) is 5.67. The Labute approximate surface area is 229 Å². The minimum absolute atomic E-state index is 0.00541. The maximum Gasteiger partial charge on any atom is 0.253 e. The van der Waals surface area contributed by atoms with Gasteiger partial charge in [0.15, 0.2) is 15.1 Å². The molecule has 1 unspecified atom stereocenters. The van der Waals surface area contributed by atoms with E-state index in [1.807, 2.05) is 0 Å². The van der Waals surface area contributed by atoms with Gasteiger partial charge in [-0.3, -0.25) is 14.4 Å². The van der Waals surface area contributed by atoms with Crippen molar-refractivity contribution in [1.29, 1.82) is 0 Å². The molecular formula is C27H29FN4O5S2. The Bertz CT molecular complexity index is 1540. The maximum absolute atomic E-state index is 15.2. The highest BCUT2D eigenvalue weighted by atomic mass is 32.2. The number of nitrogens with zero attached hydrogens (tertiary/aromatic N) is 2. The fourth-order valence-corrected chi connectivity index (χ4v) is 7.01. The number of thiazole rings is 1. The quantitative estimate of drug-likeness (QED) is 0.406. The molecule has 3 aromatic rings. The Balaban J connectivity index is 1.42. The van der Waals surface area contributed by atoms with E-state index in [4.69, 9.17) is 0 Å². The van der Waals surface area contributed by atoms with Crippen LogP contribution in [0.5, 0.6) is 0 Å². The minimum Gasteiger partial charge on any atom is -0.352 e. The molecule has 1 saturated heterocycles. The van der Waals surface area contributed by atoms with Gasteiger partial charge >= 0.3 is 0 Å².